The summed E-state index contributed by atoms with van der Waals surface area (Å²) in [6.45, 7) is 6.84. The van der Waals surface area contributed by atoms with Crippen molar-refractivity contribution in [3.8, 4) is 0 Å². The number of hydrogen-bond acceptors (Lipinski definition) is 4. The van der Waals surface area contributed by atoms with Gasteiger partial charge in [-0.3, -0.25) is 4.79 Å². The van der Waals surface area contributed by atoms with Crippen LogP contribution in [-0.4, -0.2) is 38.3 Å². The Morgan fingerprint density at radius 2 is 1.70 bits per heavy atom. The zero-order valence-corrected chi connectivity index (χ0v) is 19.0. The third-order valence-corrected chi connectivity index (χ3v) is 10.8. The lowest BCUT2D eigenvalue weighted by Gasteiger charge is -2.64. The molecule has 4 rings (SSSR count). The van der Waals surface area contributed by atoms with Gasteiger partial charge < -0.3 is 20.4 Å². The van der Waals surface area contributed by atoms with Gasteiger partial charge in [-0.25, -0.2) is 0 Å². The van der Waals surface area contributed by atoms with Gasteiger partial charge >= 0.3 is 5.97 Å². The van der Waals surface area contributed by atoms with Gasteiger partial charge in [-0.05, 0) is 105 Å². The molecule has 5 nitrogen and oxygen atoms in total. The molecule has 1 unspecified atom stereocenters. The maximum absolute atomic E-state index is 11.1. The summed E-state index contributed by atoms with van der Waals surface area (Å²) in [4.78, 5) is 10.9. The van der Waals surface area contributed by atoms with Gasteiger partial charge in [-0.1, -0.05) is 20.8 Å². The minimum Gasteiger partial charge on any atom is -0.481 e. The van der Waals surface area contributed by atoms with Crippen LogP contribution in [0.2, 0.25) is 0 Å². The molecular formula is C25H42O5. The minimum absolute atomic E-state index is 0.263. The van der Waals surface area contributed by atoms with Crippen molar-refractivity contribution in [3.63, 3.8) is 0 Å². The number of aliphatic carboxylic acids is 1. The summed E-state index contributed by atoms with van der Waals surface area (Å²) in [5, 5.41) is 41.6. The molecule has 0 aromatic carbocycles. The Labute approximate surface area is 181 Å². The zero-order valence-electron chi connectivity index (χ0n) is 19.0. The molecule has 0 aromatic heterocycles. The van der Waals surface area contributed by atoms with E-state index in [1.807, 2.05) is 0 Å². The van der Waals surface area contributed by atoms with E-state index >= 15 is 0 Å². The van der Waals surface area contributed by atoms with Gasteiger partial charge in [0.1, 0.15) is 6.10 Å². The quantitative estimate of drug-likeness (QED) is 0.498. The second-order valence-corrected chi connectivity index (χ2v) is 11.7. The van der Waals surface area contributed by atoms with Crippen molar-refractivity contribution in [3.05, 3.63) is 0 Å². The van der Waals surface area contributed by atoms with Crippen LogP contribution in [0.5, 0.6) is 0 Å². The molecule has 0 aromatic rings. The van der Waals surface area contributed by atoms with E-state index in [2.05, 4.69) is 20.8 Å². The number of hydrogen-bond donors (Lipinski definition) is 4. The Kier molecular flexibility index (Phi) is 5.81. The van der Waals surface area contributed by atoms with Crippen LogP contribution in [0.25, 0.3) is 0 Å². The van der Waals surface area contributed by atoms with Crippen molar-refractivity contribution in [2.75, 3.05) is 0 Å². The van der Waals surface area contributed by atoms with Crippen molar-refractivity contribution in [2.45, 2.75) is 103 Å². The van der Waals surface area contributed by atoms with E-state index < -0.39 is 23.3 Å². The van der Waals surface area contributed by atoms with Crippen molar-refractivity contribution in [2.24, 2.45) is 46.3 Å². The molecule has 4 fully saturated rings. The van der Waals surface area contributed by atoms with Gasteiger partial charge in [0.2, 0.25) is 0 Å². The monoisotopic (exact) mass is 422 g/mol. The summed E-state index contributed by atoms with van der Waals surface area (Å²) in [6, 6.07) is 0. The molecule has 4 aliphatic carbocycles. The average Bonchev–Trinajstić information content (AvgIpc) is 3.03. The highest BCUT2D eigenvalue weighted by Crippen LogP contribution is 2.69. The first-order valence-electron chi connectivity index (χ1n) is 12.4. The minimum atomic E-state index is -1.99. The van der Waals surface area contributed by atoms with E-state index in [-0.39, 0.29) is 23.7 Å². The van der Waals surface area contributed by atoms with E-state index in [0.29, 0.717) is 30.1 Å². The summed E-state index contributed by atoms with van der Waals surface area (Å²) in [5.74, 6) is 0.140. The third-order valence-electron chi connectivity index (χ3n) is 10.8. The van der Waals surface area contributed by atoms with Crippen molar-refractivity contribution < 1.29 is 25.2 Å². The topological polar surface area (TPSA) is 98.0 Å². The number of rotatable bonds is 5. The van der Waals surface area contributed by atoms with Crippen LogP contribution in [0.15, 0.2) is 0 Å². The summed E-state index contributed by atoms with van der Waals surface area (Å²) in [6.07, 6.45) is 9.11. The maximum atomic E-state index is 11.1. The number of fused-ring (bicyclic) bond motifs is 5. The second-order valence-electron chi connectivity index (χ2n) is 11.7. The molecule has 5 heteroatoms. The van der Waals surface area contributed by atoms with Gasteiger partial charge in [0.25, 0.3) is 0 Å². The molecule has 0 spiro atoms. The fourth-order valence-corrected chi connectivity index (χ4v) is 9.12. The van der Waals surface area contributed by atoms with Crippen molar-refractivity contribution in [1.82, 2.24) is 0 Å². The summed E-state index contributed by atoms with van der Waals surface area (Å²) < 4.78 is 0. The lowest BCUT2D eigenvalue weighted by molar-refractivity contribution is -0.349. The van der Waals surface area contributed by atoms with E-state index in [4.69, 9.17) is 5.11 Å². The van der Waals surface area contributed by atoms with Gasteiger partial charge in [0.15, 0.2) is 5.79 Å². The first kappa shape index (κ1) is 22.5. The molecule has 0 amide bonds. The van der Waals surface area contributed by atoms with Crippen LogP contribution in [0.4, 0.5) is 0 Å². The molecule has 0 radical (unpaired) electrons. The van der Waals surface area contributed by atoms with Gasteiger partial charge in [0.05, 0.1) is 0 Å². The highest BCUT2D eigenvalue weighted by Gasteiger charge is 2.67. The Morgan fingerprint density at radius 1 is 1.00 bits per heavy atom. The summed E-state index contributed by atoms with van der Waals surface area (Å²) in [7, 11) is 0. The van der Waals surface area contributed by atoms with Crippen LogP contribution >= 0.6 is 0 Å². The lowest BCUT2D eigenvalue weighted by Crippen LogP contribution is -2.68. The van der Waals surface area contributed by atoms with Crippen LogP contribution in [0.1, 0.15) is 91.4 Å². The Balaban J connectivity index is 1.54. The Morgan fingerprint density at radius 3 is 2.40 bits per heavy atom. The van der Waals surface area contributed by atoms with Crippen LogP contribution in [0, 0.1) is 46.3 Å². The van der Waals surface area contributed by atoms with E-state index in [1.54, 1.807) is 0 Å². The first-order chi connectivity index (χ1) is 14.0. The normalized spacial score (nSPS) is 48.3. The fraction of sp³-hybridized carbons (Fsp3) is 0.960. The fourth-order valence-electron chi connectivity index (χ4n) is 9.12. The van der Waals surface area contributed by atoms with Crippen LogP contribution in [-0.2, 0) is 4.79 Å². The molecule has 4 aliphatic rings. The average molecular weight is 423 g/mol. The highest BCUT2D eigenvalue weighted by atomic mass is 16.5. The van der Waals surface area contributed by atoms with E-state index in [9.17, 15) is 20.1 Å². The molecule has 0 heterocycles. The Bertz CT molecular complexity index is 662. The largest absolute Gasteiger partial charge is 0.481 e. The molecule has 0 saturated heterocycles. The van der Waals surface area contributed by atoms with E-state index in [1.165, 1.54) is 19.3 Å². The standard InChI is InChI=1S/C25H42O5/c1-15(5-4-6-22(27)28)18-10-11-19-17-9-7-16-8-12-21(26)25(29,30)24(16,3)20(17)13-14-23(18,19)2/h15-21,26,29-30H,4-14H2,1-3H3,(H,27,28)/t15-,16-,17+,18-,19+,20+,21?,23-,24+/m1/s1. The number of aliphatic hydroxyl groups excluding tert-OH is 1. The van der Waals surface area contributed by atoms with E-state index in [0.717, 1.165) is 38.5 Å². The van der Waals surface area contributed by atoms with Crippen molar-refractivity contribution >= 4 is 5.97 Å². The molecule has 0 bridgehead atoms. The van der Waals surface area contributed by atoms with Crippen LogP contribution in [0.3, 0.4) is 0 Å². The molecule has 9 atom stereocenters. The molecule has 0 aliphatic heterocycles. The predicted octanol–water partition coefficient (Wildman–Crippen LogP) is 4.19. The van der Waals surface area contributed by atoms with Gasteiger partial charge in [0, 0.05) is 11.8 Å². The molecular weight excluding hydrogens is 380 g/mol. The highest BCUT2D eigenvalue weighted by molar-refractivity contribution is 5.66. The van der Waals surface area contributed by atoms with Gasteiger partial charge in [-0.2, -0.15) is 0 Å². The smallest absolute Gasteiger partial charge is 0.303 e. The maximum Gasteiger partial charge on any atom is 0.303 e. The van der Waals surface area contributed by atoms with Crippen molar-refractivity contribution in [1.29, 1.82) is 0 Å². The number of carboxylic acid groups (broad SMARTS) is 1. The number of carboxylic acids is 1. The third kappa shape index (κ3) is 3.17. The molecule has 30 heavy (non-hydrogen) atoms. The molecule has 172 valence electrons. The summed E-state index contributed by atoms with van der Waals surface area (Å²) >= 11 is 0. The number of carbonyl (C=O) groups is 1. The molecule has 4 N–H and O–H groups in total. The Hall–Kier alpha value is -0.650. The SMILES string of the molecule is C[C@H](CCCC(=O)O)[C@H]1CC[C@H]2[C@@H]3CC[C@@H]4CCC(O)C(O)(O)[C@]4(C)[C@H]3CC[C@]12C. The van der Waals surface area contributed by atoms with Gasteiger partial charge in [-0.15, -0.1) is 0 Å². The predicted molar refractivity (Wildman–Crippen MR) is 114 cm³/mol. The molecule has 4 saturated carbocycles. The zero-order chi connectivity index (χ0) is 21.9. The summed E-state index contributed by atoms with van der Waals surface area (Å²) in [5.41, 5.74) is -0.353. The number of aliphatic hydroxyl groups is 3. The first-order valence-corrected chi connectivity index (χ1v) is 12.4. The second kappa shape index (κ2) is 7.74. The van der Waals surface area contributed by atoms with Crippen LogP contribution < -0.4 is 0 Å². The lowest BCUT2D eigenvalue weighted by atomic mass is 9.43.